The number of aromatic nitrogens is 4. The second-order valence-corrected chi connectivity index (χ2v) is 13.1. The van der Waals surface area contributed by atoms with E-state index in [1.54, 1.807) is 12.1 Å². The first-order chi connectivity index (χ1) is 22.2. The Kier molecular flexibility index (Phi) is 8.70. The van der Waals surface area contributed by atoms with Crippen molar-refractivity contribution in [3.63, 3.8) is 0 Å². The summed E-state index contributed by atoms with van der Waals surface area (Å²) in [5.41, 5.74) is 2.90. The summed E-state index contributed by atoms with van der Waals surface area (Å²) in [7, 11) is -4.22. The van der Waals surface area contributed by atoms with E-state index in [1.807, 2.05) is 79.7 Å². The normalized spacial score (nSPS) is 15.6. The quantitative estimate of drug-likeness (QED) is 0.119. The van der Waals surface area contributed by atoms with Crippen LogP contribution in [0.3, 0.4) is 0 Å². The zero-order valence-corrected chi connectivity index (χ0v) is 26.2. The Balaban J connectivity index is 1.38. The molecular formula is C35H35N5O5S. The number of nitrogens with zero attached hydrogens (tertiary/aromatic N) is 3. The van der Waals surface area contributed by atoms with Crippen LogP contribution in [0.4, 0.5) is 0 Å². The van der Waals surface area contributed by atoms with Gasteiger partial charge in [0.2, 0.25) is 0 Å². The number of primary sulfonamides is 1. The number of sulfonamides is 1. The molecule has 4 N–H and O–H groups in total. The molecule has 5 aromatic rings. The summed E-state index contributed by atoms with van der Waals surface area (Å²) < 4.78 is 31.2. The summed E-state index contributed by atoms with van der Waals surface area (Å²) >= 11 is 0. The number of esters is 1. The molecule has 0 amide bonds. The van der Waals surface area contributed by atoms with Gasteiger partial charge in [0, 0.05) is 17.9 Å². The zero-order chi connectivity index (χ0) is 32.3. The molecule has 0 fully saturated rings. The highest BCUT2D eigenvalue weighted by molar-refractivity contribution is 7.89. The third-order valence-electron chi connectivity index (χ3n) is 8.61. The maximum absolute atomic E-state index is 14.0. The van der Waals surface area contributed by atoms with E-state index in [1.165, 1.54) is 6.33 Å². The van der Waals surface area contributed by atoms with Gasteiger partial charge >= 0.3 is 5.97 Å². The van der Waals surface area contributed by atoms with Crippen molar-refractivity contribution in [2.24, 2.45) is 5.14 Å². The van der Waals surface area contributed by atoms with Gasteiger partial charge in [0.1, 0.15) is 16.9 Å². The molecule has 236 valence electrons. The first-order valence-corrected chi connectivity index (χ1v) is 16.8. The molecular weight excluding hydrogens is 602 g/mol. The zero-order valence-electron chi connectivity index (χ0n) is 25.4. The fourth-order valence-corrected chi connectivity index (χ4v) is 6.95. The minimum Gasteiger partial charge on any atom is -0.512 e. The fraction of sp³-hybridized carbons (Fsp3) is 0.257. The molecule has 1 aliphatic rings. The van der Waals surface area contributed by atoms with E-state index >= 15 is 0 Å². The van der Waals surface area contributed by atoms with E-state index in [0.29, 0.717) is 43.2 Å². The standard InChI is InChI=1S/C35H35N5O5S/c1-2-25(26-15-9-10-16-27(26)31-39-32-30(37-22-38-32)33(40-31)46(36,43)44)29-28(41)21-35(45-34(29)42,19-17-23-11-5-3-6-12-23)20-18-24-13-7-4-8-14-24/h3-16,22,25,41H,2,17-21H2,1H3,(H2,36,43,44)(H,37,38,39,40). The average molecular weight is 638 g/mol. The number of nitrogens with two attached hydrogens (primary N) is 1. The van der Waals surface area contributed by atoms with Crippen molar-refractivity contribution < 1.29 is 23.1 Å². The van der Waals surface area contributed by atoms with Crippen LogP contribution in [0.5, 0.6) is 0 Å². The van der Waals surface area contributed by atoms with Gasteiger partial charge in [-0.05, 0) is 48.8 Å². The molecule has 6 rings (SSSR count). The molecule has 2 aromatic heterocycles. The number of aliphatic hydroxyl groups is 1. The van der Waals surface area contributed by atoms with Crippen LogP contribution >= 0.6 is 0 Å². The second kappa shape index (κ2) is 12.9. The lowest BCUT2D eigenvalue weighted by Gasteiger charge is -2.39. The molecule has 1 unspecified atom stereocenters. The van der Waals surface area contributed by atoms with Gasteiger partial charge in [-0.2, -0.15) is 0 Å². The summed E-state index contributed by atoms with van der Waals surface area (Å²) in [5, 5.41) is 16.8. The molecule has 3 aromatic carbocycles. The van der Waals surface area contributed by atoms with Crippen LogP contribution in [0, 0.1) is 0 Å². The van der Waals surface area contributed by atoms with Gasteiger partial charge < -0.3 is 14.8 Å². The number of aromatic amines is 1. The first kappa shape index (κ1) is 31.1. The molecule has 0 saturated heterocycles. The monoisotopic (exact) mass is 637 g/mol. The minimum atomic E-state index is -4.22. The molecule has 0 radical (unpaired) electrons. The number of benzene rings is 3. The van der Waals surface area contributed by atoms with E-state index < -0.39 is 27.5 Å². The summed E-state index contributed by atoms with van der Waals surface area (Å²) in [6.45, 7) is 1.91. The molecule has 0 saturated carbocycles. The lowest BCUT2D eigenvalue weighted by Crippen LogP contribution is -2.42. The third-order valence-corrected chi connectivity index (χ3v) is 9.44. The van der Waals surface area contributed by atoms with Gasteiger partial charge in [0.05, 0.1) is 11.9 Å². The van der Waals surface area contributed by atoms with E-state index in [9.17, 15) is 18.3 Å². The van der Waals surface area contributed by atoms with Gasteiger partial charge in [-0.25, -0.2) is 33.3 Å². The summed E-state index contributed by atoms with van der Waals surface area (Å²) in [6.07, 6.45) is 4.41. The van der Waals surface area contributed by atoms with Crippen molar-refractivity contribution in [2.75, 3.05) is 0 Å². The molecule has 0 aliphatic carbocycles. The van der Waals surface area contributed by atoms with Gasteiger partial charge in [-0.15, -0.1) is 0 Å². The Morgan fingerprint density at radius 2 is 1.54 bits per heavy atom. The van der Waals surface area contributed by atoms with Gasteiger partial charge in [0.25, 0.3) is 10.0 Å². The number of H-pyrrole nitrogens is 1. The Morgan fingerprint density at radius 3 is 2.13 bits per heavy atom. The van der Waals surface area contributed by atoms with Crippen molar-refractivity contribution in [3.05, 3.63) is 119 Å². The molecule has 10 nitrogen and oxygen atoms in total. The van der Waals surface area contributed by atoms with E-state index in [0.717, 1.165) is 11.1 Å². The number of hydrogen-bond acceptors (Lipinski definition) is 8. The van der Waals surface area contributed by atoms with Gasteiger partial charge in [0.15, 0.2) is 16.5 Å². The molecule has 0 bridgehead atoms. The number of ether oxygens (including phenoxy) is 1. The number of carbonyl (C=O) groups is 1. The van der Waals surface area contributed by atoms with Crippen LogP contribution in [0.15, 0.2) is 108 Å². The van der Waals surface area contributed by atoms with Crippen molar-refractivity contribution in [1.29, 1.82) is 0 Å². The number of carbonyl (C=O) groups excluding carboxylic acids is 1. The number of hydrogen-bond donors (Lipinski definition) is 3. The third kappa shape index (κ3) is 6.42. The van der Waals surface area contributed by atoms with Crippen LogP contribution in [0.2, 0.25) is 0 Å². The van der Waals surface area contributed by atoms with Crippen molar-refractivity contribution in [3.8, 4) is 11.4 Å². The summed E-state index contributed by atoms with van der Waals surface area (Å²) in [5.74, 6) is -1.07. The number of imidazole rings is 1. The van der Waals surface area contributed by atoms with E-state index in [2.05, 4.69) is 19.9 Å². The summed E-state index contributed by atoms with van der Waals surface area (Å²) in [6, 6.07) is 27.2. The van der Waals surface area contributed by atoms with Crippen LogP contribution in [-0.4, -0.2) is 45.0 Å². The van der Waals surface area contributed by atoms with Crippen LogP contribution in [0.25, 0.3) is 22.6 Å². The Bertz CT molecular complexity index is 1970. The topological polar surface area (TPSA) is 161 Å². The van der Waals surface area contributed by atoms with Crippen LogP contribution in [0.1, 0.15) is 55.2 Å². The molecule has 1 aliphatic heterocycles. The summed E-state index contributed by atoms with van der Waals surface area (Å²) in [4.78, 5) is 29.7. The van der Waals surface area contributed by atoms with Gasteiger partial charge in [-0.1, -0.05) is 91.9 Å². The number of rotatable bonds is 11. The highest BCUT2D eigenvalue weighted by Gasteiger charge is 2.44. The van der Waals surface area contributed by atoms with E-state index in [4.69, 9.17) is 9.88 Å². The SMILES string of the molecule is CCC(C1=C(O)CC(CCc2ccccc2)(CCc2ccccc2)OC1=O)c1ccccc1-c1nc(S(N)(=O)=O)c2[nH]cnc2n1. The number of cyclic esters (lactones) is 1. The lowest BCUT2D eigenvalue weighted by atomic mass is 9.78. The van der Waals surface area contributed by atoms with Crippen molar-refractivity contribution in [1.82, 2.24) is 19.9 Å². The second-order valence-electron chi connectivity index (χ2n) is 11.6. The average Bonchev–Trinajstić information content (AvgIpc) is 3.54. The molecule has 3 heterocycles. The van der Waals surface area contributed by atoms with Crippen molar-refractivity contribution >= 4 is 27.2 Å². The number of aliphatic hydroxyl groups excluding tert-OH is 1. The van der Waals surface area contributed by atoms with E-state index in [-0.39, 0.29) is 39.8 Å². The largest absolute Gasteiger partial charge is 0.512 e. The Morgan fingerprint density at radius 1 is 0.935 bits per heavy atom. The highest BCUT2D eigenvalue weighted by Crippen LogP contribution is 2.43. The molecule has 0 spiro atoms. The Labute approximate surface area is 267 Å². The van der Waals surface area contributed by atoms with Crippen LogP contribution in [-0.2, 0) is 32.4 Å². The van der Waals surface area contributed by atoms with Crippen LogP contribution < -0.4 is 5.14 Å². The predicted octanol–water partition coefficient (Wildman–Crippen LogP) is 5.92. The fourth-order valence-electron chi connectivity index (χ4n) is 6.30. The first-order valence-electron chi connectivity index (χ1n) is 15.2. The minimum absolute atomic E-state index is 0.00655. The molecule has 11 heteroatoms. The number of nitrogens with one attached hydrogen (secondary N) is 1. The highest BCUT2D eigenvalue weighted by atomic mass is 32.2. The predicted molar refractivity (Wildman–Crippen MR) is 174 cm³/mol. The molecule has 1 atom stereocenters. The maximum Gasteiger partial charge on any atom is 0.338 e. The number of aryl methyl sites for hydroxylation is 2. The maximum atomic E-state index is 14.0. The Hall–Kier alpha value is -4.87. The smallest absolute Gasteiger partial charge is 0.338 e. The lowest BCUT2D eigenvalue weighted by molar-refractivity contribution is -0.161. The molecule has 46 heavy (non-hydrogen) atoms. The van der Waals surface area contributed by atoms with Gasteiger partial charge in [-0.3, -0.25) is 0 Å². The van der Waals surface area contributed by atoms with Crippen molar-refractivity contribution in [2.45, 2.75) is 62.0 Å². The number of fused-ring (bicyclic) bond motifs is 1.